The zero-order valence-corrected chi connectivity index (χ0v) is 22.3. The van der Waals surface area contributed by atoms with Crippen LogP contribution in [0.15, 0.2) is 110 Å². The summed E-state index contributed by atoms with van der Waals surface area (Å²) in [5.74, 6) is 0.244. The van der Waals surface area contributed by atoms with E-state index < -0.39 is 0 Å². The van der Waals surface area contributed by atoms with Crippen LogP contribution in [0.4, 0.5) is 5.69 Å². The van der Waals surface area contributed by atoms with Gasteiger partial charge in [-0.05, 0) is 60.7 Å². The summed E-state index contributed by atoms with van der Waals surface area (Å²) in [6.45, 7) is 3.38. The molecular formula is C32H33N7O. The van der Waals surface area contributed by atoms with E-state index in [-0.39, 0.29) is 5.75 Å². The molecule has 0 amide bonds. The molecule has 3 N–H and O–H groups in total. The zero-order valence-electron chi connectivity index (χ0n) is 22.3. The van der Waals surface area contributed by atoms with Crippen molar-refractivity contribution in [3.8, 4) is 5.75 Å². The number of nitrogens with two attached hydrogens (primary N) is 1. The Hall–Kier alpha value is -4.66. The molecule has 0 unspecified atom stereocenters. The first kappa shape index (κ1) is 26.9. The SMILES string of the molecule is Nc1cc(CN(Cc2ccccn2)Cc2ccccn2)c(O)c(CN(Cc2ccccn2)Cc2ccccn2)c1. The van der Waals surface area contributed by atoms with Gasteiger partial charge in [0, 0.05) is 80.9 Å². The van der Waals surface area contributed by atoms with Gasteiger partial charge in [-0.2, -0.15) is 0 Å². The molecule has 5 rings (SSSR count). The summed E-state index contributed by atoms with van der Waals surface area (Å²) in [6.07, 6.45) is 7.18. The number of phenols is 1. The number of phenolic OH excluding ortho intramolecular Hbond substituents is 1. The van der Waals surface area contributed by atoms with Crippen LogP contribution in [0, 0.1) is 0 Å². The molecule has 0 spiro atoms. The molecule has 0 atom stereocenters. The van der Waals surface area contributed by atoms with Crippen LogP contribution >= 0.6 is 0 Å². The van der Waals surface area contributed by atoms with E-state index in [9.17, 15) is 5.11 Å². The van der Waals surface area contributed by atoms with Crippen LogP contribution in [0.25, 0.3) is 0 Å². The lowest BCUT2D eigenvalue weighted by Crippen LogP contribution is -2.25. The van der Waals surface area contributed by atoms with Gasteiger partial charge >= 0.3 is 0 Å². The number of hydrogen-bond acceptors (Lipinski definition) is 8. The molecule has 0 saturated carbocycles. The highest BCUT2D eigenvalue weighted by atomic mass is 16.3. The van der Waals surface area contributed by atoms with Crippen molar-refractivity contribution in [2.45, 2.75) is 39.3 Å². The van der Waals surface area contributed by atoms with Gasteiger partial charge in [0.1, 0.15) is 5.75 Å². The normalized spacial score (nSPS) is 11.2. The van der Waals surface area contributed by atoms with Crippen LogP contribution in [-0.4, -0.2) is 34.8 Å². The Balaban J connectivity index is 1.40. The maximum Gasteiger partial charge on any atom is 0.124 e. The molecule has 8 nitrogen and oxygen atoms in total. The fraction of sp³-hybridized carbons (Fsp3) is 0.188. The minimum atomic E-state index is 0.244. The van der Waals surface area contributed by atoms with Gasteiger partial charge in [-0.3, -0.25) is 29.7 Å². The monoisotopic (exact) mass is 531 g/mol. The highest BCUT2D eigenvalue weighted by Crippen LogP contribution is 2.30. The van der Waals surface area contributed by atoms with Crippen molar-refractivity contribution in [1.82, 2.24) is 29.7 Å². The number of nitrogens with zero attached hydrogens (tertiary/aromatic N) is 6. The molecule has 0 fully saturated rings. The number of benzene rings is 1. The number of pyridine rings is 4. The predicted molar refractivity (Wildman–Crippen MR) is 155 cm³/mol. The van der Waals surface area contributed by atoms with E-state index in [1.807, 2.05) is 84.9 Å². The molecule has 0 aliphatic carbocycles. The van der Waals surface area contributed by atoms with Gasteiger partial charge in [0.25, 0.3) is 0 Å². The first-order valence-corrected chi connectivity index (χ1v) is 13.3. The third kappa shape index (κ3) is 7.69. The molecule has 4 heterocycles. The molecule has 0 radical (unpaired) electrons. The average molecular weight is 532 g/mol. The second kappa shape index (κ2) is 13.4. The van der Waals surface area contributed by atoms with Crippen molar-refractivity contribution >= 4 is 5.69 Å². The van der Waals surface area contributed by atoms with Crippen molar-refractivity contribution in [2.24, 2.45) is 0 Å². The van der Waals surface area contributed by atoms with Crippen LogP contribution < -0.4 is 5.73 Å². The summed E-state index contributed by atoms with van der Waals surface area (Å²) in [7, 11) is 0. The average Bonchev–Trinajstić information content (AvgIpc) is 2.97. The largest absolute Gasteiger partial charge is 0.507 e. The number of nitrogen functional groups attached to an aromatic ring is 1. The fourth-order valence-corrected chi connectivity index (χ4v) is 4.73. The molecule has 0 saturated heterocycles. The van der Waals surface area contributed by atoms with Gasteiger partial charge in [-0.1, -0.05) is 24.3 Å². The quantitative estimate of drug-likeness (QED) is 0.172. The van der Waals surface area contributed by atoms with Gasteiger partial charge in [-0.15, -0.1) is 0 Å². The van der Waals surface area contributed by atoms with Gasteiger partial charge in [0.15, 0.2) is 0 Å². The van der Waals surface area contributed by atoms with Crippen molar-refractivity contribution in [3.63, 3.8) is 0 Å². The summed E-state index contributed by atoms with van der Waals surface area (Å²) >= 11 is 0. The maximum atomic E-state index is 11.5. The first-order valence-electron chi connectivity index (χ1n) is 13.3. The second-order valence-electron chi connectivity index (χ2n) is 9.76. The Labute approximate surface area is 234 Å². The van der Waals surface area contributed by atoms with Gasteiger partial charge in [-0.25, -0.2) is 0 Å². The van der Waals surface area contributed by atoms with Crippen molar-refractivity contribution in [3.05, 3.63) is 144 Å². The molecule has 0 aliphatic rings. The Bertz CT molecular complexity index is 1280. The van der Waals surface area contributed by atoms with Gasteiger partial charge in [0.2, 0.25) is 0 Å². The Morgan fingerprint density at radius 1 is 0.500 bits per heavy atom. The fourth-order valence-electron chi connectivity index (χ4n) is 4.73. The molecule has 0 aliphatic heterocycles. The van der Waals surface area contributed by atoms with E-state index in [2.05, 4.69) is 29.7 Å². The van der Waals surface area contributed by atoms with E-state index in [1.165, 1.54) is 0 Å². The third-order valence-electron chi connectivity index (χ3n) is 6.53. The number of aromatic nitrogens is 4. The Morgan fingerprint density at radius 2 is 0.825 bits per heavy atom. The molecule has 5 aromatic rings. The van der Waals surface area contributed by atoms with E-state index in [0.717, 1.165) is 33.9 Å². The van der Waals surface area contributed by atoms with E-state index in [4.69, 9.17) is 5.73 Å². The summed E-state index contributed by atoms with van der Waals surface area (Å²) in [4.78, 5) is 22.5. The minimum Gasteiger partial charge on any atom is -0.507 e. The Morgan fingerprint density at radius 3 is 1.10 bits per heavy atom. The molecule has 0 bridgehead atoms. The van der Waals surface area contributed by atoms with Crippen molar-refractivity contribution in [2.75, 3.05) is 5.73 Å². The smallest absolute Gasteiger partial charge is 0.124 e. The van der Waals surface area contributed by atoms with Crippen LogP contribution in [0.5, 0.6) is 5.75 Å². The van der Waals surface area contributed by atoms with E-state index >= 15 is 0 Å². The molecule has 202 valence electrons. The number of anilines is 1. The Kier molecular flexibility index (Phi) is 9.03. The molecule has 40 heavy (non-hydrogen) atoms. The highest BCUT2D eigenvalue weighted by Gasteiger charge is 2.18. The number of rotatable bonds is 12. The molecule has 8 heteroatoms. The third-order valence-corrected chi connectivity index (χ3v) is 6.53. The maximum absolute atomic E-state index is 11.5. The number of aromatic hydroxyl groups is 1. The standard InChI is InChI=1S/C32H33N7O/c33-27-17-25(19-38(21-28-9-1-5-13-34-28)22-29-10-2-6-14-35-29)32(40)26(18-27)20-39(23-30-11-3-7-15-36-30)24-31-12-4-8-16-37-31/h1-18,40H,19-24,33H2. The zero-order chi connectivity index (χ0) is 27.6. The lowest BCUT2D eigenvalue weighted by atomic mass is 10.1. The molecule has 4 aromatic heterocycles. The first-order chi connectivity index (χ1) is 19.6. The summed E-state index contributed by atoms with van der Waals surface area (Å²) in [5.41, 5.74) is 12.3. The summed E-state index contributed by atoms with van der Waals surface area (Å²) in [5, 5.41) is 11.5. The lowest BCUT2D eigenvalue weighted by molar-refractivity contribution is 0.231. The van der Waals surface area contributed by atoms with E-state index in [1.54, 1.807) is 24.8 Å². The summed E-state index contributed by atoms with van der Waals surface area (Å²) < 4.78 is 0. The topological polar surface area (TPSA) is 104 Å². The molecular weight excluding hydrogens is 498 g/mol. The van der Waals surface area contributed by atoms with Gasteiger partial charge < -0.3 is 10.8 Å². The minimum absolute atomic E-state index is 0.244. The van der Waals surface area contributed by atoms with Crippen LogP contribution in [-0.2, 0) is 39.3 Å². The lowest BCUT2D eigenvalue weighted by Gasteiger charge is -2.25. The van der Waals surface area contributed by atoms with Gasteiger partial charge in [0.05, 0.1) is 22.8 Å². The second-order valence-corrected chi connectivity index (χ2v) is 9.76. The molecule has 1 aromatic carbocycles. The van der Waals surface area contributed by atoms with Crippen LogP contribution in [0.2, 0.25) is 0 Å². The van der Waals surface area contributed by atoms with Crippen molar-refractivity contribution in [1.29, 1.82) is 0 Å². The van der Waals surface area contributed by atoms with Crippen molar-refractivity contribution < 1.29 is 5.11 Å². The predicted octanol–water partition coefficient (Wildman–Crippen LogP) is 4.96. The number of hydrogen-bond donors (Lipinski definition) is 2. The van der Waals surface area contributed by atoms with E-state index in [0.29, 0.717) is 45.0 Å². The highest BCUT2D eigenvalue weighted by molar-refractivity contribution is 5.52. The van der Waals surface area contributed by atoms with Crippen LogP contribution in [0.3, 0.4) is 0 Å². The van der Waals surface area contributed by atoms with Crippen LogP contribution in [0.1, 0.15) is 33.9 Å². The summed E-state index contributed by atoms with van der Waals surface area (Å²) in [6, 6.07) is 27.3.